The third-order valence-corrected chi connectivity index (χ3v) is 9.21. The molecule has 0 saturated heterocycles. The quantitative estimate of drug-likeness (QED) is 0.189. The van der Waals surface area contributed by atoms with Gasteiger partial charge in [-0.15, -0.1) is 0 Å². The summed E-state index contributed by atoms with van der Waals surface area (Å²) in [6, 6.07) is 21.1. The van der Waals surface area contributed by atoms with Crippen LogP contribution in [0.3, 0.4) is 0 Å². The molecule has 11 nitrogen and oxygen atoms in total. The van der Waals surface area contributed by atoms with E-state index in [4.69, 9.17) is 33.2 Å². The molecule has 0 spiro atoms. The Hall–Kier alpha value is -5.84. The smallest absolute Gasteiger partial charge is 0.259 e. The van der Waals surface area contributed by atoms with E-state index in [1.54, 1.807) is 36.3 Å². The van der Waals surface area contributed by atoms with Gasteiger partial charge < -0.3 is 38.5 Å². The second kappa shape index (κ2) is 14.3. The summed E-state index contributed by atoms with van der Waals surface area (Å²) in [4.78, 5) is 31.4. The number of para-hydroxylation sites is 2. The molecule has 0 saturated carbocycles. The number of nitrogens with zero attached hydrogens (tertiary/aromatic N) is 1. The van der Waals surface area contributed by atoms with Crippen molar-refractivity contribution in [2.75, 3.05) is 60.0 Å². The number of nitrogens with one attached hydrogen (secondary N) is 1. The number of ketones is 1. The minimum absolute atomic E-state index is 0.103. The molecule has 4 aromatic rings. The summed E-state index contributed by atoms with van der Waals surface area (Å²) in [5, 5.41) is 3.58. The van der Waals surface area contributed by atoms with Crippen molar-refractivity contribution in [2.45, 2.75) is 24.8 Å². The molecule has 1 heterocycles. The van der Waals surface area contributed by atoms with Crippen LogP contribution >= 0.6 is 0 Å². The summed E-state index contributed by atoms with van der Waals surface area (Å²) >= 11 is 0. The topological polar surface area (TPSA) is 114 Å². The Bertz CT molecular complexity index is 1900. The molecule has 0 bridgehead atoms. The Balaban J connectivity index is 1.61. The van der Waals surface area contributed by atoms with Crippen LogP contribution in [0.15, 0.2) is 84.1 Å². The monoisotopic (exact) mass is 680 g/mol. The number of anilines is 2. The van der Waals surface area contributed by atoms with E-state index in [9.17, 15) is 4.79 Å². The van der Waals surface area contributed by atoms with Crippen molar-refractivity contribution in [2.24, 2.45) is 0 Å². The normalized spacial score (nSPS) is 16.7. The standard InChI is InChI=1S/C39H40N2O9/c1-44-26-14-12-22(13-15-26)23-16-28-35(30(42)17-23)36(24-18-31(45-2)37(49-6)32(19-24)46-3)41(29-11-9-8-10-27(29)40-28)39(43)25-20-33(47-4)38(50-7)34(21-25)48-5/h8-15,18-21,23,36,40H,16-17H2,1-7H3/t23-,36+/m1/s1. The Morgan fingerprint density at radius 1 is 0.660 bits per heavy atom. The Morgan fingerprint density at radius 2 is 1.22 bits per heavy atom. The van der Waals surface area contributed by atoms with E-state index in [0.29, 0.717) is 69.1 Å². The van der Waals surface area contributed by atoms with Crippen LogP contribution in [0, 0.1) is 0 Å². The summed E-state index contributed by atoms with van der Waals surface area (Å²) in [5.74, 6) is 2.26. The molecule has 4 aromatic carbocycles. The molecule has 2 atom stereocenters. The number of amides is 1. The fraction of sp³-hybridized carbons (Fsp3) is 0.282. The van der Waals surface area contributed by atoms with Crippen molar-refractivity contribution in [1.82, 2.24) is 0 Å². The van der Waals surface area contributed by atoms with Crippen molar-refractivity contribution < 1.29 is 42.7 Å². The molecule has 2 aliphatic rings. The number of hydrogen-bond donors (Lipinski definition) is 1. The lowest BCUT2D eigenvalue weighted by Crippen LogP contribution is -2.38. The average molecular weight is 681 g/mol. The van der Waals surface area contributed by atoms with Crippen LogP contribution in [0.5, 0.6) is 40.2 Å². The number of methoxy groups -OCH3 is 7. The highest BCUT2D eigenvalue weighted by Crippen LogP contribution is 2.51. The molecule has 11 heteroatoms. The minimum Gasteiger partial charge on any atom is -0.497 e. The maximum absolute atomic E-state index is 15.1. The van der Waals surface area contributed by atoms with Gasteiger partial charge in [-0.25, -0.2) is 0 Å². The molecule has 0 unspecified atom stereocenters. The zero-order valence-corrected chi connectivity index (χ0v) is 29.1. The van der Waals surface area contributed by atoms with Crippen molar-refractivity contribution in [1.29, 1.82) is 0 Å². The third kappa shape index (κ3) is 5.99. The van der Waals surface area contributed by atoms with Crippen LogP contribution in [0.4, 0.5) is 11.4 Å². The first kappa shape index (κ1) is 34.0. The van der Waals surface area contributed by atoms with Gasteiger partial charge in [-0.05, 0) is 72.0 Å². The SMILES string of the molecule is COc1ccc([C@H]2CC(=O)C3=C(C2)Nc2ccccc2N(C(=O)c2cc(OC)c(OC)c(OC)c2)[C@H]3c2cc(OC)c(OC)c(OC)c2)cc1. The van der Waals surface area contributed by atoms with Gasteiger partial charge in [0.05, 0.1) is 67.2 Å². The molecule has 260 valence electrons. The molecule has 1 aliphatic heterocycles. The van der Waals surface area contributed by atoms with Crippen LogP contribution in [-0.2, 0) is 4.79 Å². The van der Waals surface area contributed by atoms with Gasteiger partial charge in [0.15, 0.2) is 28.8 Å². The number of benzene rings is 4. The van der Waals surface area contributed by atoms with Crippen LogP contribution in [0.25, 0.3) is 0 Å². The van der Waals surface area contributed by atoms with Crippen LogP contribution in [0.2, 0.25) is 0 Å². The predicted octanol–water partition coefficient (Wildman–Crippen LogP) is 6.96. The lowest BCUT2D eigenvalue weighted by atomic mass is 9.78. The molecular weight excluding hydrogens is 640 g/mol. The van der Waals surface area contributed by atoms with Gasteiger partial charge in [0.2, 0.25) is 11.5 Å². The van der Waals surface area contributed by atoms with E-state index in [2.05, 4.69) is 5.32 Å². The highest BCUT2D eigenvalue weighted by atomic mass is 16.5. The minimum atomic E-state index is -0.911. The molecule has 0 radical (unpaired) electrons. The third-order valence-electron chi connectivity index (χ3n) is 9.21. The number of allylic oxidation sites excluding steroid dienone is 1. The second-order valence-corrected chi connectivity index (χ2v) is 11.8. The lowest BCUT2D eigenvalue weighted by molar-refractivity contribution is -0.116. The highest BCUT2D eigenvalue weighted by molar-refractivity contribution is 6.12. The number of hydrogen-bond acceptors (Lipinski definition) is 10. The van der Waals surface area contributed by atoms with Gasteiger partial charge in [-0.1, -0.05) is 24.3 Å². The Morgan fingerprint density at radius 3 is 1.76 bits per heavy atom. The highest BCUT2D eigenvalue weighted by Gasteiger charge is 2.43. The van der Waals surface area contributed by atoms with Gasteiger partial charge in [0.1, 0.15) is 5.75 Å². The van der Waals surface area contributed by atoms with Crippen LogP contribution in [0.1, 0.15) is 46.3 Å². The van der Waals surface area contributed by atoms with Gasteiger partial charge in [0, 0.05) is 23.3 Å². The first-order valence-electron chi connectivity index (χ1n) is 16.0. The molecule has 1 amide bonds. The van der Waals surface area contributed by atoms with E-state index in [1.165, 1.54) is 42.7 Å². The first-order valence-corrected chi connectivity index (χ1v) is 16.0. The number of Topliss-reactive ketones (excluding diaryl/α,β-unsaturated/α-hetero) is 1. The second-order valence-electron chi connectivity index (χ2n) is 11.8. The molecule has 1 aliphatic carbocycles. The molecule has 6 rings (SSSR count). The summed E-state index contributed by atoms with van der Waals surface area (Å²) in [5.41, 5.74) is 4.26. The molecule has 50 heavy (non-hydrogen) atoms. The molecular formula is C39H40N2O9. The predicted molar refractivity (Wildman–Crippen MR) is 189 cm³/mol. The summed E-state index contributed by atoms with van der Waals surface area (Å²) in [6.07, 6.45) is 0.755. The number of rotatable bonds is 10. The van der Waals surface area contributed by atoms with Crippen molar-refractivity contribution >= 4 is 23.1 Å². The van der Waals surface area contributed by atoms with Crippen LogP contribution < -0.4 is 43.4 Å². The molecule has 0 aromatic heterocycles. The van der Waals surface area contributed by atoms with E-state index >= 15 is 4.79 Å². The number of fused-ring (bicyclic) bond motifs is 1. The van der Waals surface area contributed by atoms with E-state index < -0.39 is 11.9 Å². The van der Waals surface area contributed by atoms with Gasteiger partial charge >= 0.3 is 0 Å². The number of ether oxygens (including phenoxy) is 7. The van der Waals surface area contributed by atoms with Crippen molar-refractivity contribution in [3.05, 3.63) is 101 Å². The summed E-state index contributed by atoms with van der Waals surface area (Å²) in [6.45, 7) is 0. The average Bonchev–Trinajstić information content (AvgIpc) is 3.31. The van der Waals surface area contributed by atoms with Gasteiger partial charge in [-0.3, -0.25) is 14.5 Å². The Labute approximate surface area is 291 Å². The number of carbonyl (C=O) groups excluding carboxylic acids is 2. The van der Waals surface area contributed by atoms with Crippen molar-refractivity contribution in [3.63, 3.8) is 0 Å². The summed E-state index contributed by atoms with van der Waals surface area (Å²) < 4.78 is 39.3. The van der Waals surface area contributed by atoms with E-state index in [1.807, 2.05) is 48.5 Å². The maximum atomic E-state index is 15.1. The number of carbonyl (C=O) groups is 2. The van der Waals surface area contributed by atoms with Gasteiger partial charge in [0.25, 0.3) is 5.91 Å². The lowest BCUT2D eigenvalue weighted by Gasteiger charge is -2.35. The fourth-order valence-corrected chi connectivity index (χ4v) is 6.84. The van der Waals surface area contributed by atoms with Crippen LogP contribution in [-0.4, -0.2) is 61.5 Å². The Kier molecular flexibility index (Phi) is 9.76. The zero-order valence-electron chi connectivity index (χ0n) is 29.1. The first-order chi connectivity index (χ1) is 24.3. The molecule has 0 fully saturated rings. The molecule has 1 N–H and O–H groups in total. The zero-order chi connectivity index (χ0) is 35.5. The van der Waals surface area contributed by atoms with E-state index in [0.717, 1.165) is 11.3 Å². The van der Waals surface area contributed by atoms with Gasteiger partial charge in [-0.2, -0.15) is 0 Å². The fourth-order valence-electron chi connectivity index (χ4n) is 6.84. The van der Waals surface area contributed by atoms with E-state index in [-0.39, 0.29) is 23.7 Å². The van der Waals surface area contributed by atoms with Crippen molar-refractivity contribution in [3.8, 4) is 40.2 Å². The maximum Gasteiger partial charge on any atom is 0.259 e. The largest absolute Gasteiger partial charge is 0.497 e. The summed E-state index contributed by atoms with van der Waals surface area (Å²) in [7, 11) is 10.7.